The predicted molar refractivity (Wildman–Crippen MR) is 153 cm³/mol. The smallest absolute Gasteiger partial charge is 0.323 e. The fraction of sp³-hybridized carbons (Fsp3) is 0.143. The van der Waals surface area contributed by atoms with Crippen molar-refractivity contribution < 1.29 is 22.7 Å². The zero-order valence-corrected chi connectivity index (χ0v) is 22.7. The molecule has 202 valence electrons. The molecule has 0 radical (unpaired) electrons. The topological polar surface area (TPSA) is 127 Å². The largest absolute Gasteiger partial charge is 0.465 e. The van der Waals surface area contributed by atoms with E-state index in [0.29, 0.717) is 17.1 Å². The van der Waals surface area contributed by atoms with Crippen molar-refractivity contribution in [3.05, 3.63) is 101 Å². The van der Waals surface area contributed by atoms with Gasteiger partial charge >= 0.3 is 5.97 Å². The number of rotatable bonds is 11. The molecule has 11 heteroatoms. The van der Waals surface area contributed by atoms with Gasteiger partial charge in [-0.05, 0) is 55.0 Å². The fourth-order valence-corrected chi connectivity index (χ4v) is 5.33. The van der Waals surface area contributed by atoms with Gasteiger partial charge in [0.25, 0.3) is 0 Å². The maximum absolute atomic E-state index is 13.3. The highest BCUT2D eigenvalue weighted by atomic mass is 35.5. The molecule has 0 bridgehead atoms. The van der Waals surface area contributed by atoms with E-state index in [-0.39, 0.29) is 29.7 Å². The lowest BCUT2D eigenvalue weighted by Crippen LogP contribution is -2.36. The molecular formula is C28H27ClN4O5S. The summed E-state index contributed by atoms with van der Waals surface area (Å²) >= 11 is 6.51. The van der Waals surface area contributed by atoms with Crippen LogP contribution in [-0.2, 0) is 19.6 Å². The fourth-order valence-electron chi connectivity index (χ4n) is 3.83. The van der Waals surface area contributed by atoms with Gasteiger partial charge in [0.1, 0.15) is 17.3 Å². The first-order valence-electron chi connectivity index (χ1n) is 12.0. The van der Waals surface area contributed by atoms with Crippen LogP contribution in [0.25, 0.3) is 11.6 Å². The number of amidine groups is 1. The number of anilines is 1. The number of esters is 1. The Labute approximate surface area is 231 Å². The summed E-state index contributed by atoms with van der Waals surface area (Å²) in [6.45, 7) is 1.58. The standard InChI is InChI=1S/C28H27ClN4O5S/c1-2-37-27(34)19-39(35,36)33(14-4-7-20-6-3-8-21(16-20)28(30)31)23-10-11-26(25(29)18-23)38-24-12-15-32-13-5-9-22(32)17-24/h3-13,15-18H,2,14,19H2,1H3,(H3,30,31). The first-order chi connectivity index (χ1) is 18.7. The molecule has 0 aliphatic rings. The number of halogens is 1. The van der Waals surface area contributed by atoms with Crippen LogP contribution in [0.2, 0.25) is 5.02 Å². The number of fused-ring (bicyclic) bond motifs is 1. The van der Waals surface area contributed by atoms with Crippen molar-refractivity contribution in [2.75, 3.05) is 23.2 Å². The van der Waals surface area contributed by atoms with Gasteiger partial charge in [-0.25, -0.2) is 8.42 Å². The number of hydrogen-bond donors (Lipinski definition) is 2. The molecular weight excluding hydrogens is 540 g/mol. The molecule has 4 aromatic rings. The van der Waals surface area contributed by atoms with Crippen molar-refractivity contribution in [2.24, 2.45) is 5.73 Å². The van der Waals surface area contributed by atoms with Crippen LogP contribution in [0.15, 0.2) is 85.2 Å². The summed E-state index contributed by atoms with van der Waals surface area (Å²) in [6, 6.07) is 19.1. The molecule has 0 fully saturated rings. The maximum Gasteiger partial charge on any atom is 0.323 e. The van der Waals surface area contributed by atoms with E-state index in [2.05, 4.69) is 0 Å². The molecule has 2 heterocycles. The molecule has 0 aliphatic heterocycles. The van der Waals surface area contributed by atoms with Crippen molar-refractivity contribution in [3.8, 4) is 11.5 Å². The van der Waals surface area contributed by atoms with E-state index in [9.17, 15) is 13.2 Å². The van der Waals surface area contributed by atoms with E-state index in [4.69, 9.17) is 32.2 Å². The van der Waals surface area contributed by atoms with Gasteiger partial charge in [0.2, 0.25) is 10.0 Å². The van der Waals surface area contributed by atoms with E-state index in [0.717, 1.165) is 15.4 Å². The summed E-state index contributed by atoms with van der Waals surface area (Å²) in [5.74, 6) is -0.849. The number of hydrogen-bond acceptors (Lipinski definition) is 6. The molecule has 0 unspecified atom stereocenters. The average Bonchev–Trinajstić information content (AvgIpc) is 3.36. The summed E-state index contributed by atoms with van der Waals surface area (Å²) in [4.78, 5) is 12.1. The Balaban J connectivity index is 1.60. The normalized spacial score (nSPS) is 11.5. The molecule has 0 saturated carbocycles. The number of sulfonamides is 1. The first kappa shape index (κ1) is 27.7. The van der Waals surface area contributed by atoms with Crippen molar-refractivity contribution in [3.63, 3.8) is 0 Å². The van der Waals surface area contributed by atoms with Crippen LogP contribution in [0, 0.1) is 5.41 Å². The Kier molecular flexibility index (Phi) is 8.58. The van der Waals surface area contributed by atoms with Crippen LogP contribution >= 0.6 is 11.6 Å². The van der Waals surface area contributed by atoms with Gasteiger partial charge in [0.05, 0.1) is 23.9 Å². The molecule has 3 N–H and O–H groups in total. The third kappa shape index (κ3) is 6.98. The molecule has 2 aromatic heterocycles. The van der Waals surface area contributed by atoms with Crippen LogP contribution in [0.1, 0.15) is 18.1 Å². The van der Waals surface area contributed by atoms with E-state index >= 15 is 0 Å². The quantitative estimate of drug-likeness (QED) is 0.148. The minimum absolute atomic E-state index is 0.0631. The number of nitrogens with zero attached hydrogens (tertiary/aromatic N) is 2. The summed E-state index contributed by atoms with van der Waals surface area (Å²) in [5.41, 5.74) is 8.03. The summed E-state index contributed by atoms with van der Waals surface area (Å²) in [5, 5.41) is 7.80. The number of benzene rings is 2. The Morgan fingerprint density at radius 1 is 1.10 bits per heavy atom. The second-order valence-corrected chi connectivity index (χ2v) is 10.8. The van der Waals surface area contributed by atoms with Gasteiger partial charge in [-0.1, -0.05) is 42.0 Å². The highest BCUT2D eigenvalue weighted by Gasteiger charge is 2.26. The molecule has 0 aliphatic carbocycles. The molecule has 9 nitrogen and oxygen atoms in total. The average molecular weight is 567 g/mol. The van der Waals surface area contributed by atoms with E-state index in [1.165, 1.54) is 6.07 Å². The Morgan fingerprint density at radius 3 is 2.67 bits per heavy atom. The van der Waals surface area contributed by atoms with Gasteiger partial charge in [0.15, 0.2) is 5.75 Å². The Hall–Kier alpha value is -4.28. The number of pyridine rings is 1. The second-order valence-electron chi connectivity index (χ2n) is 8.45. The van der Waals surface area contributed by atoms with Crippen molar-refractivity contribution in [1.82, 2.24) is 4.40 Å². The third-order valence-corrected chi connectivity index (χ3v) is 7.58. The SMILES string of the molecule is CCOC(=O)CS(=O)(=O)N(CC=Cc1cccc(C(=N)N)c1)c1ccc(Oc2ccn3cccc3c2)c(Cl)c1. The summed E-state index contributed by atoms with van der Waals surface area (Å²) in [7, 11) is -4.13. The maximum atomic E-state index is 13.3. The Morgan fingerprint density at radius 2 is 1.92 bits per heavy atom. The zero-order chi connectivity index (χ0) is 28.0. The van der Waals surface area contributed by atoms with Gasteiger partial charge in [-0.3, -0.25) is 14.5 Å². The monoisotopic (exact) mass is 566 g/mol. The van der Waals surface area contributed by atoms with Crippen molar-refractivity contribution in [2.45, 2.75) is 6.92 Å². The lowest BCUT2D eigenvalue weighted by molar-refractivity contribution is -0.139. The number of ether oxygens (including phenoxy) is 2. The van der Waals surface area contributed by atoms with Crippen LogP contribution in [0.5, 0.6) is 11.5 Å². The highest BCUT2D eigenvalue weighted by molar-refractivity contribution is 7.93. The number of carbonyl (C=O) groups excluding carboxylic acids is 1. The number of carbonyl (C=O) groups is 1. The molecule has 4 rings (SSSR count). The lowest BCUT2D eigenvalue weighted by atomic mass is 10.1. The molecule has 0 amide bonds. The van der Waals surface area contributed by atoms with Gasteiger partial charge in [-0.2, -0.15) is 0 Å². The van der Waals surface area contributed by atoms with Crippen LogP contribution in [-0.4, -0.2) is 43.5 Å². The summed E-state index contributed by atoms with van der Waals surface area (Å²) < 4.78 is 40.3. The zero-order valence-electron chi connectivity index (χ0n) is 21.1. The van der Waals surface area contributed by atoms with Crippen LogP contribution in [0.3, 0.4) is 0 Å². The molecule has 39 heavy (non-hydrogen) atoms. The van der Waals surface area contributed by atoms with Crippen LogP contribution < -0.4 is 14.8 Å². The molecule has 0 spiro atoms. The molecule has 2 aromatic carbocycles. The third-order valence-electron chi connectivity index (χ3n) is 5.65. The van der Waals surface area contributed by atoms with Gasteiger partial charge < -0.3 is 19.6 Å². The van der Waals surface area contributed by atoms with E-state index in [1.807, 2.05) is 35.0 Å². The lowest BCUT2D eigenvalue weighted by Gasteiger charge is -2.23. The van der Waals surface area contributed by atoms with E-state index in [1.54, 1.807) is 61.5 Å². The highest BCUT2D eigenvalue weighted by Crippen LogP contribution is 2.34. The number of nitrogens with one attached hydrogen (secondary N) is 1. The van der Waals surface area contributed by atoms with Gasteiger partial charge in [-0.15, -0.1) is 0 Å². The number of aromatic nitrogens is 1. The van der Waals surface area contributed by atoms with Crippen LogP contribution in [0.4, 0.5) is 5.69 Å². The minimum Gasteiger partial charge on any atom is -0.465 e. The predicted octanol–water partition coefficient (Wildman–Crippen LogP) is 5.08. The summed E-state index contributed by atoms with van der Waals surface area (Å²) in [6.07, 6.45) is 7.11. The second kappa shape index (κ2) is 12.1. The molecule has 0 atom stereocenters. The first-order valence-corrected chi connectivity index (χ1v) is 14.0. The van der Waals surface area contributed by atoms with Crippen molar-refractivity contribution >= 4 is 50.7 Å². The Bertz CT molecular complexity index is 1650. The van der Waals surface area contributed by atoms with Gasteiger partial charge in [0, 0.05) is 29.5 Å². The number of nitrogen functional groups attached to an aromatic ring is 1. The van der Waals surface area contributed by atoms with E-state index < -0.39 is 21.7 Å². The minimum atomic E-state index is -4.13. The van der Waals surface area contributed by atoms with Crippen molar-refractivity contribution in [1.29, 1.82) is 5.41 Å². The number of nitrogens with two attached hydrogens (primary N) is 1. The molecule has 0 saturated heterocycles.